The van der Waals surface area contributed by atoms with Gasteiger partial charge >= 0.3 is 0 Å². The third-order valence-corrected chi connectivity index (χ3v) is 2.60. The number of hydrogen-bond acceptors (Lipinski definition) is 4. The number of amides is 2. The summed E-state index contributed by atoms with van der Waals surface area (Å²) in [6.07, 6.45) is 1.37. The van der Waals surface area contributed by atoms with Crippen molar-refractivity contribution >= 4 is 17.5 Å². The molecule has 3 N–H and O–H groups in total. The molecule has 0 fully saturated rings. The number of alkyl halides is 1. The molecular formula is C13H14FN5O2. The van der Waals surface area contributed by atoms with Gasteiger partial charge in [0.15, 0.2) is 5.69 Å². The first kappa shape index (κ1) is 14.6. The zero-order valence-electron chi connectivity index (χ0n) is 11.3. The van der Waals surface area contributed by atoms with Gasteiger partial charge in [-0.1, -0.05) is 6.07 Å². The smallest absolute Gasteiger partial charge is 0.274 e. The summed E-state index contributed by atoms with van der Waals surface area (Å²) in [7, 11) is 0. The standard InChI is InChI=1S/C13H14FN5O2/c1-8-3-2-4-9(17-8)12(20)18-10-7-16-19-11(10)13(21)15-6-5-14/h2-4,7H,5-6H2,1H3,(H,15,21)(H,16,19)(H,18,20). The molecule has 110 valence electrons. The number of nitrogens with one attached hydrogen (secondary N) is 3. The highest BCUT2D eigenvalue weighted by atomic mass is 19.1. The highest BCUT2D eigenvalue weighted by Gasteiger charge is 2.17. The van der Waals surface area contributed by atoms with Crippen molar-refractivity contribution in [2.45, 2.75) is 6.92 Å². The summed E-state index contributed by atoms with van der Waals surface area (Å²) in [5.41, 5.74) is 1.13. The molecule has 21 heavy (non-hydrogen) atoms. The van der Waals surface area contributed by atoms with Crippen LogP contribution in [0.4, 0.5) is 10.1 Å². The highest BCUT2D eigenvalue weighted by molar-refractivity contribution is 6.07. The molecule has 0 aliphatic carbocycles. The van der Waals surface area contributed by atoms with E-state index in [9.17, 15) is 14.0 Å². The van der Waals surface area contributed by atoms with Gasteiger partial charge in [-0.05, 0) is 19.1 Å². The molecule has 0 spiro atoms. The number of pyridine rings is 1. The van der Waals surface area contributed by atoms with Gasteiger partial charge in [0, 0.05) is 18.4 Å². The van der Waals surface area contributed by atoms with Gasteiger partial charge in [0.25, 0.3) is 11.8 Å². The second kappa shape index (κ2) is 6.60. The van der Waals surface area contributed by atoms with Gasteiger partial charge in [-0.25, -0.2) is 9.37 Å². The van der Waals surface area contributed by atoms with Crippen molar-refractivity contribution in [1.82, 2.24) is 20.5 Å². The van der Waals surface area contributed by atoms with Crippen LogP contribution < -0.4 is 10.6 Å². The van der Waals surface area contributed by atoms with E-state index in [0.717, 1.165) is 0 Å². The average molecular weight is 291 g/mol. The minimum Gasteiger partial charge on any atom is -0.348 e. The van der Waals surface area contributed by atoms with Crippen molar-refractivity contribution < 1.29 is 14.0 Å². The second-order valence-corrected chi connectivity index (χ2v) is 4.21. The van der Waals surface area contributed by atoms with Crippen LogP contribution in [0.5, 0.6) is 0 Å². The molecule has 0 saturated heterocycles. The van der Waals surface area contributed by atoms with E-state index in [-0.39, 0.29) is 23.6 Å². The second-order valence-electron chi connectivity index (χ2n) is 4.21. The fraction of sp³-hybridized carbons (Fsp3) is 0.231. The molecule has 2 aromatic heterocycles. The van der Waals surface area contributed by atoms with E-state index in [0.29, 0.717) is 5.69 Å². The van der Waals surface area contributed by atoms with Crippen molar-refractivity contribution in [2.75, 3.05) is 18.5 Å². The lowest BCUT2D eigenvalue weighted by atomic mass is 10.3. The van der Waals surface area contributed by atoms with Gasteiger partial charge in [0.05, 0.1) is 5.69 Å². The number of aryl methyl sites for hydroxylation is 1. The summed E-state index contributed by atoms with van der Waals surface area (Å²) in [5, 5.41) is 11.1. The Morgan fingerprint density at radius 2 is 2.14 bits per heavy atom. The van der Waals surface area contributed by atoms with Crippen LogP contribution >= 0.6 is 0 Å². The van der Waals surface area contributed by atoms with Crippen LogP contribution in [0.25, 0.3) is 0 Å². The average Bonchev–Trinajstić information content (AvgIpc) is 2.93. The molecule has 0 atom stereocenters. The van der Waals surface area contributed by atoms with Crippen LogP contribution in [-0.2, 0) is 0 Å². The first-order chi connectivity index (χ1) is 10.1. The Kier molecular flexibility index (Phi) is 4.60. The molecule has 2 amide bonds. The lowest BCUT2D eigenvalue weighted by Gasteiger charge is -2.05. The van der Waals surface area contributed by atoms with Gasteiger partial charge in [-0.2, -0.15) is 5.10 Å². The molecule has 2 rings (SSSR count). The van der Waals surface area contributed by atoms with E-state index in [2.05, 4.69) is 25.8 Å². The Bertz CT molecular complexity index is 656. The summed E-state index contributed by atoms with van der Waals surface area (Å²) in [6, 6.07) is 5.04. The Labute approximate surface area is 120 Å². The third-order valence-electron chi connectivity index (χ3n) is 2.60. The molecule has 0 radical (unpaired) electrons. The maximum Gasteiger partial charge on any atom is 0.274 e. The third kappa shape index (κ3) is 3.62. The summed E-state index contributed by atoms with van der Waals surface area (Å²) in [4.78, 5) is 27.9. The van der Waals surface area contributed by atoms with Crippen LogP contribution in [0.3, 0.4) is 0 Å². The Hall–Kier alpha value is -2.77. The zero-order valence-corrected chi connectivity index (χ0v) is 11.3. The summed E-state index contributed by atoms with van der Waals surface area (Å²) in [6.45, 7) is 0.980. The Balaban J connectivity index is 2.12. The van der Waals surface area contributed by atoms with Crippen LogP contribution in [0.1, 0.15) is 26.7 Å². The number of hydrogen-bond donors (Lipinski definition) is 3. The number of anilines is 1. The lowest BCUT2D eigenvalue weighted by Crippen LogP contribution is -2.27. The number of carbonyl (C=O) groups is 2. The number of aromatic amines is 1. The lowest BCUT2D eigenvalue weighted by molar-refractivity contribution is 0.0946. The van der Waals surface area contributed by atoms with Gasteiger partial charge < -0.3 is 10.6 Å². The van der Waals surface area contributed by atoms with E-state index in [1.165, 1.54) is 6.20 Å². The predicted octanol–water partition coefficient (Wildman–Crippen LogP) is 1.06. The van der Waals surface area contributed by atoms with Crippen LogP contribution in [0.15, 0.2) is 24.4 Å². The van der Waals surface area contributed by atoms with Crippen LogP contribution in [0, 0.1) is 6.92 Å². The maximum atomic E-state index is 12.0. The fourth-order valence-electron chi connectivity index (χ4n) is 1.66. The largest absolute Gasteiger partial charge is 0.348 e. The van der Waals surface area contributed by atoms with E-state index >= 15 is 0 Å². The summed E-state index contributed by atoms with van der Waals surface area (Å²) >= 11 is 0. The molecule has 0 unspecified atom stereocenters. The van der Waals surface area contributed by atoms with Crippen molar-refractivity contribution in [3.63, 3.8) is 0 Å². The van der Waals surface area contributed by atoms with E-state index in [4.69, 9.17) is 0 Å². The van der Waals surface area contributed by atoms with E-state index in [1.54, 1.807) is 25.1 Å². The number of rotatable bonds is 5. The molecule has 0 saturated carbocycles. The molecule has 8 heteroatoms. The molecule has 0 bridgehead atoms. The predicted molar refractivity (Wildman–Crippen MR) is 73.8 cm³/mol. The van der Waals surface area contributed by atoms with Crippen molar-refractivity contribution in [3.8, 4) is 0 Å². The van der Waals surface area contributed by atoms with Crippen molar-refractivity contribution in [3.05, 3.63) is 41.5 Å². The van der Waals surface area contributed by atoms with Crippen LogP contribution in [-0.4, -0.2) is 40.2 Å². The topological polar surface area (TPSA) is 99.8 Å². The summed E-state index contributed by atoms with van der Waals surface area (Å²) < 4.78 is 12.0. The van der Waals surface area contributed by atoms with Crippen LogP contribution in [0.2, 0.25) is 0 Å². The monoisotopic (exact) mass is 291 g/mol. The van der Waals surface area contributed by atoms with E-state index < -0.39 is 18.5 Å². The number of nitrogens with zero attached hydrogens (tertiary/aromatic N) is 2. The molecule has 0 aliphatic rings. The Morgan fingerprint density at radius 1 is 1.33 bits per heavy atom. The molecule has 2 aromatic rings. The first-order valence-corrected chi connectivity index (χ1v) is 6.24. The van der Waals surface area contributed by atoms with E-state index in [1.807, 2.05) is 0 Å². The van der Waals surface area contributed by atoms with Crippen molar-refractivity contribution in [1.29, 1.82) is 0 Å². The minimum absolute atomic E-state index is 0.00977. The quantitative estimate of drug-likeness (QED) is 0.767. The number of halogens is 1. The van der Waals surface area contributed by atoms with Crippen molar-refractivity contribution in [2.24, 2.45) is 0 Å². The SMILES string of the molecule is Cc1cccc(C(=O)Nc2c[nH]nc2C(=O)NCCF)n1. The Morgan fingerprint density at radius 3 is 2.86 bits per heavy atom. The number of carbonyl (C=O) groups excluding carboxylic acids is 2. The maximum absolute atomic E-state index is 12.0. The minimum atomic E-state index is -0.676. The van der Waals surface area contributed by atoms with Gasteiger partial charge in [0.2, 0.25) is 0 Å². The van der Waals surface area contributed by atoms with Gasteiger partial charge in [-0.15, -0.1) is 0 Å². The molecular weight excluding hydrogens is 277 g/mol. The number of aromatic nitrogens is 3. The zero-order chi connectivity index (χ0) is 15.2. The number of H-pyrrole nitrogens is 1. The van der Waals surface area contributed by atoms with Gasteiger partial charge in [0.1, 0.15) is 12.4 Å². The summed E-state index contributed by atoms with van der Waals surface area (Å²) in [5.74, 6) is -1.03. The normalized spacial score (nSPS) is 10.2. The fourth-order valence-corrected chi connectivity index (χ4v) is 1.66. The molecule has 0 aliphatic heterocycles. The molecule has 7 nitrogen and oxygen atoms in total. The highest BCUT2D eigenvalue weighted by Crippen LogP contribution is 2.12. The molecule has 2 heterocycles. The first-order valence-electron chi connectivity index (χ1n) is 6.24. The van der Waals surface area contributed by atoms with Gasteiger partial charge in [-0.3, -0.25) is 14.7 Å². The molecule has 0 aromatic carbocycles.